The fourth-order valence-electron chi connectivity index (χ4n) is 2.16. The Morgan fingerprint density at radius 1 is 0.633 bits per heavy atom. The molecular formula is C24H30O4S2. The lowest BCUT2D eigenvalue weighted by Crippen LogP contribution is -2.25. The largest absolute Gasteiger partial charge is 0.445 e. The molecule has 2 atom stereocenters. The van der Waals surface area contributed by atoms with E-state index in [1.807, 2.05) is 102 Å². The second kappa shape index (κ2) is 10.4. The van der Waals surface area contributed by atoms with Gasteiger partial charge in [0.15, 0.2) is 10.9 Å². The molecule has 30 heavy (non-hydrogen) atoms. The van der Waals surface area contributed by atoms with Crippen LogP contribution in [0.2, 0.25) is 0 Å². The lowest BCUT2D eigenvalue weighted by Gasteiger charge is -2.26. The second-order valence-electron chi connectivity index (χ2n) is 8.99. The number of esters is 2. The summed E-state index contributed by atoms with van der Waals surface area (Å²) in [6.45, 7) is 11.0. The summed E-state index contributed by atoms with van der Waals surface area (Å²) in [7, 11) is 2.74. The lowest BCUT2D eigenvalue weighted by molar-refractivity contribution is -0.155. The zero-order valence-corrected chi connectivity index (χ0v) is 20.0. The number of benzene rings is 2. The van der Waals surface area contributed by atoms with Gasteiger partial charge in [0.1, 0.15) is 0 Å². The molecule has 0 N–H and O–H groups in total. The van der Waals surface area contributed by atoms with E-state index in [2.05, 4.69) is 0 Å². The van der Waals surface area contributed by atoms with E-state index in [0.29, 0.717) is 0 Å². The van der Waals surface area contributed by atoms with Gasteiger partial charge < -0.3 is 9.47 Å². The van der Waals surface area contributed by atoms with Crippen LogP contribution in [-0.4, -0.2) is 11.9 Å². The SMILES string of the molecule is CC(C)(C)C(=O)OC(SSC(OC(=O)C(C)(C)C)c1ccccc1)c1ccccc1. The van der Waals surface area contributed by atoms with Gasteiger partial charge in [0.05, 0.1) is 10.8 Å². The summed E-state index contributed by atoms with van der Waals surface area (Å²) in [5, 5.41) is 0. The van der Waals surface area contributed by atoms with Gasteiger partial charge in [0.2, 0.25) is 0 Å². The fraction of sp³-hybridized carbons (Fsp3) is 0.417. The first-order valence-electron chi connectivity index (χ1n) is 9.82. The Balaban J connectivity index is 2.23. The van der Waals surface area contributed by atoms with Crippen LogP contribution in [0, 0.1) is 10.8 Å². The minimum absolute atomic E-state index is 0.285. The highest BCUT2D eigenvalue weighted by Gasteiger charge is 2.31. The summed E-state index contributed by atoms with van der Waals surface area (Å²) in [4.78, 5) is 25.1. The van der Waals surface area contributed by atoms with Crippen molar-refractivity contribution in [2.24, 2.45) is 10.8 Å². The average Bonchev–Trinajstić information content (AvgIpc) is 2.69. The molecule has 2 unspecified atom stereocenters. The van der Waals surface area contributed by atoms with Crippen LogP contribution in [-0.2, 0) is 19.1 Å². The third-order valence-electron chi connectivity index (χ3n) is 4.03. The van der Waals surface area contributed by atoms with Crippen LogP contribution in [0.4, 0.5) is 0 Å². The zero-order chi connectivity index (χ0) is 22.4. The molecule has 0 aliphatic carbocycles. The van der Waals surface area contributed by atoms with Crippen LogP contribution < -0.4 is 0 Å². The standard InChI is InChI=1S/C24H30O4S2/c1-23(2,3)21(25)27-19(17-13-9-7-10-14-17)29-30-20(18-15-11-8-12-16-18)28-22(26)24(4,5)6/h7-16,19-20H,1-6H3. The van der Waals surface area contributed by atoms with Gasteiger partial charge >= 0.3 is 11.9 Å². The van der Waals surface area contributed by atoms with Gasteiger partial charge in [-0.2, -0.15) is 0 Å². The normalized spacial score (nSPS) is 13.9. The molecule has 0 aliphatic rings. The molecule has 0 radical (unpaired) electrons. The number of hydrogen-bond donors (Lipinski definition) is 0. The third-order valence-corrected chi connectivity index (χ3v) is 6.61. The smallest absolute Gasteiger partial charge is 0.312 e. The van der Waals surface area contributed by atoms with Gasteiger partial charge in [-0.1, -0.05) is 60.7 Å². The maximum atomic E-state index is 12.5. The molecule has 0 aliphatic heterocycles. The molecule has 0 saturated heterocycles. The monoisotopic (exact) mass is 446 g/mol. The molecule has 4 nitrogen and oxygen atoms in total. The molecule has 0 amide bonds. The van der Waals surface area contributed by atoms with Crippen molar-refractivity contribution in [3.05, 3.63) is 71.8 Å². The van der Waals surface area contributed by atoms with Gasteiger partial charge in [0, 0.05) is 11.1 Å². The maximum Gasteiger partial charge on any atom is 0.312 e. The lowest BCUT2D eigenvalue weighted by atomic mass is 9.97. The minimum atomic E-state index is -0.615. The summed E-state index contributed by atoms with van der Waals surface area (Å²) in [6.07, 6.45) is 0. The van der Waals surface area contributed by atoms with E-state index in [4.69, 9.17) is 9.47 Å². The van der Waals surface area contributed by atoms with Gasteiger partial charge in [0.25, 0.3) is 0 Å². The van der Waals surface area contributed by atoms with Gasteiger partial charge in [-0.05, 0) is 63.1 Å². The minimum Gasteiger partial charge on any atom is -0.445 e. The molecular weight excluding hydrogens is 416 g/mol. The van der Waals surface area contributed by atoms with E-state index >= 15 is 0 Å². The predicted octanol–water partition coefficient (Wildman–Crippen LogP) is 6.94. The first kappa shape index (κ1) is 24.4. The Morgan fingerprint density at radius 2 is 0.933 bits per heavy atom. The highest BCUT2D eigenvalue weighted by molar-refractivity contribution is 8.76. The fourth-order valence-corrected chi connectivity index (χ4v) is 4.66. The molecule has 0 saturated carbocycles. The van der Waals surface area contributed by atoms with Crippen LogP contribution in [0.1, 0.15) is 63.5 Å². The summed E-state index contributed by atoms with van der Waals surface area (Å²) in [5.41, 5.74) is -0.529. The number of carbonyl (C=O) groups is 2. The Labute approximate surface area is 187 Å². The summed E-state index contributed by atoms with van der Waals surface area (Å²) < 4.78 is 11.6. The summed E-state index contributed by atoms with van der Waals surface area (Å²) in [6, 6.07) is 19.2. The Hall–Kier alpha value is -1.92. The molecule has 0 fully saturated rings. The van der Waals surface area contributed by atoms with Crippen LogP contribution in [0.15, 0.2) is 60.7 Å². The van der Waals surface area contributed by atoms with Crippen molar-refractivity contribution in [2.75, 3.05) is 0 Å². The van der Waals surface area contributed by atoms with Crippen molar-refractivity contribution in [3.8, 4) is 0 Å². The van der Waals surface area contributed by atoms with E-state index < -0.39 is 21.7 Å². The van der Waals surface area contributed by atoms with Crippen LogP contribution >= 0.6 is 21.6 Å². The van der Waals surface area contributed by atoms with Crippen molar-refractivity contribution >= 4 is 33.5 Å². The number of carbonyl (C=O) groups excluding carboxylic acids is 2. The van der Waals surface area contributed by atoms with Crippen LogP contribution in [0.25, 0.3) is 0 Å². The van der Waals surface area contributed by atoms with Gasteiger partial charge in [-0.3, -0.25) is 9.59 Å². The molecule has 0 aromatic heterocycles. The van der Waals surface area contributed by atoms with Crippen LogP contribution in [0.5, 0.6) is 0 Å². The molecule has 6 heteroatoms. The Bertz CT molecular complexity index is 752. The van der Waals surface area contributed by atoms with E-state index in [9.17, 15) is 9.59 Å². The van der Waals surface area contributed by atoms with Crippen molar-refractivity contribution in [2.45, 2.75) is 52.4 Å². The Kier molecular flexibility index (Phi) is 8.44. The molecule has 2 rings (SSSR count). The van der Waals surface area contributed by atoms with Crippen molar-refractivity contribution in [3.63, 3.8) is 0 Å². The van der Waals surface area contributed by atoms with E-state index in [1.165, 1.54) is 21.6 Å². The predicted molar refractivity (Wildman–Crippen MR) is 125 cm³/mol. The van der Waals surface area contributed by atoms with Crippen molar-refractivity contribution < 1.29 is 19.1 Å². The highest BCUT2D eigenvalue weighted by atomic mass is 33.1. The zero-order valence-electron chi connectivity index (χ0n) is 18.4. The first-order valence-corrected chi connectivity index (χ1v) is 12.1. The number of ether oxygens (including phenoxy) is 2. The van der Waals surface area contributed by atoms with E-state index in [0.717, 1.165) is 11.1 Å². The molecule has 2 aromatic rings. The molecule has 0 bridgehead atoms. The van der Waals surface area contributed by atoms with E-state index in [-0.39, 0.29) is 11.9 Å². The third kappa shape index (κ3) is 7.40. The highest BCUT2D eigenvalue weighted by Crippen LogP contribution is 2.48. The summed E-state index contributed by atoms with van der Waals surface area (Å²) >= 11 is 0. The molecule has 2 aromatic carbocycles. The first-order chi connectivity index (χ1) is 14.0. The molecule has 0 heterocycles. The maximum absolute atomic E-state index is 12.5. The van der Waals surface area contributed by atoms with Gasteiger partial charge in [-0.15, -0.1) is 0 Å². The number of rotatable bonds is 7. The van der Waals surface area contributed by atoms with Gasteiger partial charge in [-0.25, -0.2) is 0 Å². The Morgan fingerprint density at radius 3 is 1.20 bits per heavy atom. The second-order valence-corrected chi connectivity index (χ2v) is 11.4. The van der Waals surface area contributed by atoms with Crippen molar-refractivity contribution in [1.29, 1.82) is 0 Å². The van der Waals surface area contributed by atoms with Crippen LogP contribution in [0.3, 0.4) is 0 Å². The topological polar surface area (TPSA) is 52.6 Å². The molecule has 0 spiro atoms. The van der Waals surface area contributed by atoms with E-state index in [1.54, 1.807) is 0 Å². The quantitative estimate of drug-likeness (QED) is 0.261. The number of hydrogen-bond acceptors (Lipinski definition) is 6. The van der Waals surface area contributed by atoms with Crippen molar-refractivity contribution in [1.82, 2.24) is 0 Å². The summed E-state index contributed by atoms with van der Waals surface area (Å²) in [5.74, 6) is -0.570. The average molecular weight is 447 g/mol. The molecule has 162 valence electrons.